The molecule has 0 aromatic heterocycles. The molecule has 6 nitrogen and oxygen atoms in total. The van der Waals surface area contributed by atoms with Gasteiger partial charge in [-0.2, -0.15) is 0 Å². The van der Waals surface area contributed by atoms with Gasteiger partial charge in [0.15, 0.2) is 5.96 Å². The minimum absolute atomic E-state index is 0. The fourth-order valence-corrected chi connectivity index (χ4v) is 4.90. The monoisotopic (exact) mass is 510 g/mol. The number of nitrogens with zero attached hydrogens (tertiary/aromatic N) is 2. The molecule has 27 heavy (non-hydrogen) atoms. The quantitative estimate of drug-likeness (QED) is 0.335. The van der Waals surface area contributed by atoms with Crippen LogP contribution in [-0.4, -0.2) is 57.2 Å². The van der Waals surface area contributed by atoms with Crippen LogP contribution in [0.3, 0.4) is 0 Å². The molecule has 2 fully saturated rings. The number of nitrogens with one attached hydrogen (secondary N) is 2. The minimum atomic E-state index is -3.07. The summed E-state index contributed by atoms with van der Waals surface area (Å²) in [5.41, 5.74) is 0.536. The summed E-state index contributed by atoms with van der Waals surface area (Å²) in [7, 11) is -3.07. The Morgan fingerprint density at radius 1 is 1.30 bits per heavy atom. The molecule has 1 aromatic rings. The third-order valence-electron chi connectivity index (χ3n) is 5.04. The number of sulfonamides is 1. The molecular formula is C18H28FIN4O2S. The van der Waals surface area contributed by atoms with Crippen LogP contribution in [0.2, 0.25) is 0 Å². The van der Waals surface area contributed by atoms with Crippen LogP contribution in [0.5, 0.6) is 0 Å². The maximum absolute atomic E-state index is 14.1. The number of halogens is 2. The Labute approximate surface area is 178 Å². The van der Waals surface area contributed by atoms with Gasteiger partial charge in [-0.3, -0.25) is 4.99 Å². The second-order valence-electron chi connectivity index (χ2n) is 6.95. The van der Waals surface area contributed by atoms with E-state index in [0.717, 1.165) is 18.4 Å². The molecule has 152 valence electrons. The van der Waals surface area contributed by atoms with Crippen molar-refractivity contribution in [1.82, 2.24) is 14.9 Å². The van der Waals surface area contributed by atoms with Gasteiger partial charge >= 0.3 is 0 Å². The number of hydrogen-bond donors (Lipinski definition) is 2. The lowest BCUT2D eigenvalue weighted by molar-refractivity contribution is 0.445. The summed E-state index contributed by atoms with van der Waals surface area (Å²) in [6, 6.07) is 6.91. The lowest BCUT2D eigenvalue weighted by atomic mass is 9.95. The van der Waals surface area contributed by atoms with Gasteiger partial charge in [0, 0.05) is 31.6 Å². The Bertz CT molecular complexity index is 768. The lowest BCUT2D eigenvalue weighted by Gasteiger charge is -2.18. The van der Waals surface area contributed by atoms with Crippen molar-refractivity contribution in [1.29, 1.82) is 0 Å². The summed E-state index contributed by atoms with van der Waals surface area (Å²) >= 11 is 0. The zero-order chi connectivity index (χ0) is 18.6. The Hall–Kier alpha value is -0.940. The molecule has 9 heteroatoms. The van der Waals surface area contributed by atoms with Crippen molar-refractivity contribution in [3.8, 4) is 0 Å². The normalized spacial score (nSPS) is 20.7. The molecule has 1 aliphatic carbocycles. The van der Waals surface area contributed by atoms with E-state index in [4.69, 9.17) is 0 Å². The standard InChI is InChI=1S/C18H27FN4O2S.HI/c1-2-20-17(21-10-12-23-11-5-13-26(23,24)25)22-14-18(8-9-18)15-6-3-4-7-16(15)19;/h3-4,6-7H,2,5,8-14H2,1H3,(H2,20,21,22);1H. The van der Waals surface area contributed by atoms with Crippen molar-refractivity contribution >= 4 is 40.0 Å². The Kier molecular flexibility index (Phi) is 7.87. The summed E-state index contributed by atoms with van der Waals surface area (Å²) in [6.07, 6.45) is 2.56. The highest BCUT2D eigenvalue weighted by atomic mass is 127. The van der Waals surface area contributed by atoms with E-state index in [9.17, 15) is 12.8 Å². The molecule has 1 saturated heterocycles. The smallest absolute Gasteiger partial charge is 0.214 e. The first kappa shape index (κ1) is 22.4. The molecular weight excluding hydrogens is 482 g/mol. The zero-order valence-corrected chi connectivity index (χ0v) is 18.7. The van der Waals surface area contributed by atoms with Gasteiger partial charge in [0.25, 0.3) is 0 Å². The third-order valence-corrected chi connectivity index (χ3v) is 7.00. The van der Waals surface area contributed by atoms with E-state index in [1.54, 1.807) is 6.07 Å². The summed E-state index contributed by atoms with van der Waals surface area (Å²) in [6.45, 7) is 4.73. The van der Waals surface area contributed by atoms with Crippen LogP contribution in [0.4, 0.5) is 4.39 Å². The van der Waals surface area contributed by atoms with E-state index in [0.29, 0.717) is 45.1 Å². The third kappa shape index (κ3) is 5.54. The summed E-state index contributed by atoms with van der Waals surface area (Å²) in [5, 5.41) is 6.36. The molecule has 3 rings (SSSR count). The Balaban J connectivity index is 0.00000261. The topological polar surface area (TPSA) is 73.8 Å². The molecule has 0 atom stereocenters. The average molecular weight is 510 g/mol. The van der Waals surface area contributed by atoms with Gasteiger partial charge in [0.2, 0.25) is 10.0 Å². The second-order valence-corrected chi connectivity index (χ2v) is 9.04. The molecule has 1 heterocycles. The van der Waals surface area contributed by atoms with E-state index >= 15 is 0 Å². The van der Waals surface area contributed by atoms with Crippen LogP contribution in [-0.2, 0) is 15.4 Å². The molecule has 0 unspecified atom stereocenters. The van der Waals surface area contributed by atoms with Gasteiger partial charge in [0.05, 0.1) is 12.3 Å². The van der Waals surface area contributed by atoms with Crippen LogP contribution >= 0.6 is 24.0 Å². The minimum Gasteiger partial charge on any atom is -0.357 e. The maximum Gasteiger partial charge on any atom is 0.214 e. The first-order chi connectivity index (χ1) is 12.5. The largest absolute Gasteiger partial charge is 0.357 e. The molecule has 0 radical (unpaired) electrons. The van der Waals surface area contributed by atoms with E-state index in [1.165, 1.54) is 10.4 Å². The van der Waals surface area contributed by atoms with Crippen LogP contribution in [0.1, 0.15) is 31.7 Å². The predicted octanol–water partition coefficient (Wildman–Crippen LogP) is 2.07. The van der Waals surface area contributed by atoms with Crippen LogP contribution < -0.4 is 10.6 Å². The summed E-state index contributed by atoms with van der Waals surface area (Å²) < 4.78 is 39.3. The van der Waals surface area contributed by atoms with Crippen molar-refractivity contribution in [3.63, 3.8) is 0 Å². The molecule has 2 aliphatic rings. The lowest BCUT2D eigenvalue weighted by Crippen LogP contribution is -2.42. The fourth-order valence-electron chi connectivity index (χ4n) is 3.37. The molecule has 0 amide bonds. The van der Waals surface area contributed by atoms with E-state index in [-0.39, 0.29) is 41.0 Å². The average Bonchev–Trinajstić information content (AvgIpc) is 3.32. The van der Waals surface area contributed by atoms with Gasteiger partial charge in [-0.1, -0.05) is 18.2 Å². The van der Waals surface area contributed by atoms with Crippen molar-refractivity contribution in [3.05, 3.63) is 35.6 Å². The number of aliphatic imine (C=N–C) groups is 1. The molecule has 0 spiro atoms. The van der Waals surface area contributed by atoms with Crippen LogP contribution in [0.15, 0.2) is 29.3 Å². The Morgan fingerprint density at radius 2 is 2.04 bits per heavy atom. The van der Waals surface area contributed by atoms with Gasteiger partial charge in [0.1, 0.15) is 5.82 Å². The van der Waals surface area contributed by atoms with Gasteiger partial charge in [-0.15, -0.1) is 24.0 Å². The SMILES string of the molecule is CCNC(=NCC1(c2ccccc2F)CC1)NCCN1CCCS1(=O)=O.I. The number of guanidine groups is 1. The van der Waals surface area contributed by atoms with Crippen molar-refractivity contribution in [2.24, 2.45) is 4.99 Å². The zero-order valence-electron chi connectivity index (χ0n) is 15.6. The number of rotatable bonds is 7. The first-order valence-corrected chi connectivity index (χ1v) is 10.8. The van der Waals surface area contributed by atoms with Gasteiger partial charge in [-0.05, 0) is 37.8 Å². The molecule has 1 aliphatic heterocycles. The fraction of sp³-hybridized carbons (Fsp3) is 0.611. The summed E-state index contributed by atoms with van der Waals surface area (Å²) in [4.78, 5) is 4.63. The number of hydrogen-bond acceptors (Lipinski definition) is 3. The highest BCUT2D eigenvalue weighted by molar-refractivity contribution is 14.0. The Morgan fingerprint density at radius 3 is 2.63 bits per heavy atom. The first-order valence-electron chi connectivity index (χ1n) is 9.22. The highest BCUT2D eigenvalue weighted by Gasteiger charge is 2.45. The highest BCUT2D eigenvalue weighted by Crippen LogP contribution is 2.49. The van der Waals surface area contributed by atoms with Crippen LogP contribution in [0.25, 0.3) is 0 Å². The van der Waals surface area contributed by atoms with Crippen molar-refractivity contribution < 1.29 is 12.8 Å². The van der Waals surface area contributed by atoms with Crippen LogP contribution in [0, 0.1) is 5.82 Å². The second kappa shape index (κ2) is 9.51. The molecule has 0 bridgehead atoms. The predicted molar refractivity (Wildman–Crippen MR) is 117 cm³/mol. The molecule has 1 saturated carbocycles. The van der Waals surface area contributed by atoms with Crippen molar-refractivity contribution in [2.45, 2.75) is 31.6 Å². The number of benzene rings is 1. The van der Waals surface area contributed by atoms with Crippen molar-refractivity contribution in [2.75, 3.05) is 38.5 Å². The maximum atomic E-state index is 14.1. The van der Waals surface area contributed by atoms with Gasteiger partial charge in [-0.25, -0.2) is 17.1 Å². The van der Waals surface area contributed by atoms with E-state index < -0.39 is 10.0 Å². The van der Waals surface area contributed by atoms with Gasteiger partial charge < -0.3 is 10.6 Å². The molecule has 1 aromatic carbocycles. The molecule has 2 N–H and O–H groups in total. The van der Waals surface area contributed by atoms with E-state index in [2.05, 4.69) is 15.6 Å². The summed E-state index contributed by atoms with van der Waals surface area (Å²) in [5.74, 6) is 0.718. The van der Waals surface area contributed by atoms with E-state index in [1.807, 2.05) is 19.1 Å².